The normalized spacial score (nSPS) is 19.0. The van der Waals surface area contributed by atoms with E-state index in [1.54, 1.807) is 24.3 Å². The van der Waals surface area contributed by atoms with Gasteiger partial charge in [0.1, 0.15) is 0 Å². The number of amides is 1. The first-order valence-electron chi connectivity index (χ1n) is 9.39. The molecule has 9 nitrogen and oxygen atoms in total. The molecule has 29 heavy (non-hydrogen) atoms. The Morgan fingerprint density at radius 1 is 1.31 bits per heavy atom. The van der Waals surface area contributed by atoms with Crippen molar-refractivity contribution in [2.24, 2.45) is 0 Å². The van der Waals surface area contributed by atoms with Gasteiger partial charge in [0.2, 0.25) is 0 Å². The van der Waals surface area contributed by atoms with Gasteiger partial charge in [-0.25, -0.2) is 18.3 Å². The van der Waals surface area contributed by atoms with Gasteiger partial charge >= 0.3 is 5.97 Å². The number of nitrogens with zero attached hydrogens (tertiary/aromatic N) is 2. The van der Waals surface area contributed by atoms with E-state index in [1.807, 2.05) is 13.8 Å². The van der Waals surface area contributed by atoms with E-state index in [0.29, 0.717) is 18.2 Å². The summed E-state index contributed by atoms with van der Waals surface area (Å²) >= 11 is 0. The summed E-state index contributed by atoms with van der Waals surface area (Å²) in [5.74, 6) is -1.33. The van der Waals surface area contributed by atoms with Crippen LogP contribution in [0, 0.1) is 0 Å². The minimum Gasteiger partial charge on any atom is -0.451 e. The highest BCUT2D eigenvalue weighted by atomic mass is 32.2. The second-order valence-corrected chi connectivity index (χ2v) is 9.37. The van der Waals surface area contributed by atoms with Gasteiger partial charge in [0.05, 0.1) is 16.9 Å². The number of nitrogens with one attached hydrogen (secondary N) is 1. The lowest BCUT2D eigenvalue weighted by Crippen LogP contribution is -2.48. The van der Waals surface area contributed by atoms with Gasteiger partial charge in [-0.15, -0.1) is 0 Å². The molecule has 0 saturated carbocycles. The van der Waals surface area contributed by atoms with Crippen molar-refractivity contribution in [2.45, 2.75) is 38.8 Å². The van der Waals surface area contributed by atoms with E-state index in [1.165, 1.54) is 4.90 Å². The Labute approximate surface area is 168 Å². The van der Waals surface area contributed by atoms with Crippen molar-refractivity contribution in [1.82, 2.24) is 15.1 Å². The second kappa shape index (κ2) is 8.32. The molecule has 0 bridgehead atoms. The monoisotopic (exact) mass is 421 g/mol. The van der Waals surface area contributed by atoms with E-state index < -0.39 is 39.9 Å². The third-order valence-electron chi connectivity index (χ3n) is 5.17. The summed E-state index contributed by atoms with van der Waals surface area (Å²) in [4.78, 5) is 38.6. The highest BCUT2D eigenvalue weighted by Crippen LogP contribution is 2.22. The van der Waals surface area contributed by atoms with Crippen LogP contribution in [0.1, 0.15) is 37.2 Å². The predicted octanol–water partition coefficient (Wildman–Crippen LogP) is 0.894. The molecule has 0 radical (unpaired) electrons. The van der Waals surface area contributed by atoms with Crippen LogP contribution in [0.2, 0.25) is 0 Å². The Balaban J connectivity index is 1.76. The number of hydrogen-bond acceptors (Lipinski definition) is 7. The Morgan fingerprint density at radius 2 is 2.00 bits per heavy atom. The van der Waals surface area contributed by atoms with Gasteiger partial charge in [0.25, 0.3) is 11.5 Å². The molecule has 0 unspecified atom stereocenters. The first-order chi connectivity index (χ1) is 13.7. The highest BCUT2D eigenvalue weighted by molar-refractivity contribution is 7.91. The molecule has 0 aliphatic carbocycles. The van der Waals surface area contributed by atoms with E-state index in [0.717, 1.165) is 0 Å². The zero-order valence-electron chi connectivity index (χ0n) is 16.3. The van der Waals surface area contributed by atoms with E-state index >= 15 is 0 Å². The van der Waals surface area contributed by atoms with Crippen LogP contribution in [0.15, 0.2) is 29.1 Å². The maximum Gasteiger partial charge on any atom is 0.359 e. The van der Waals surface area contributed by atoms with Crippen molar-refractivity contribution in [2.75, 3.05) is 18.1 Å². The number of hydrogen-bond donors (Lipinski definition) is 1. The molecule has 3 rings (SSSR count). The molecule has 156 valence electrons. The van der Waals surface area contributed by atoms with Crippen LogP contribution >= 0.6 is 0 Å². The lowest BCUT2D eigenvalue weighted by molar-refractivity contribution is -0.138. The fraction of sp³-hybridized carbons (Fsp3) is 0.474. The largest absolute Gasteiger partial charge is 0.451 e. The van der Waals surface area contributed by atoms with Gasteiger partial charge in [-0.2, -0.15) is 5.10 Å². The van der Waals surface area contributed by atoms with Crippen molar-refractivity contribution in [1.29, 1.82) is 0 Å². The van der Waals surface area contributed by atoms with Crippen molar-refractivity contribution >= 4 is 32.5 Å². The SMILES string of the molecule is CC[C@@H](C)N(C(=O)COC(=O)c1n[nH]c(=O)c2ccccc12)[C@H]1CCS(=O)(=O)C1. The minimum atomic E-state index is -3.16. The summed E-state index contributed by atoms with van der Waals surface area (Å²) in [6, 6.07) is 5.85. The van der Waals surface area contributed by atoms with Crippen LogP contribution in [-0.2, 0) is 19.4 Å². The molecule has 1 amide bonds. The Bertz CT molecular complexity index is 1090. The molecule has 2 atom stereocenters. The zero-order valence-corrected chi connectivity index (χ0v) is 17.1. The number of ether oxygens (including phenoxy) is 1. The first kappa shape index (κ1) is 21.0. The number of benzene rings is 1. The van der Waals surface area contributed by atoms with Crippen LogP contribution < -0.4 is 5.56 Å². The molecule has 1 saturated heterocycles. The van der Waals surface area contributed by atoms with E-state index in [4.69, 9.17) is 4.74 Å². The summed E-state index contributed by atoms with van der Waals surface area (Å²) < 4.78 is 28.8. The highest BCUT2D eigenvalue weighted by Gasteiger charge is 2.36. The summed E-state index contributed by atoms with van der Waals surface area (Å²) in [5, 5.41) is 6.63. The molecular weight excluding hydrogens is 398 g/mol. The maximum atomic E-state index is 12.8. The molecule has 2 heterocycles. The molecule has 1 fully saturated rings. The van der Waals surface area contributed by atoms with Gasteiger partial charge in [-0.3, -0.25) is 9.59 Å². The molecule has 1 aliphatic rings. The third kappa shape index (κ3) is 4.47. The molecule has 1 aromatic carbocycles. The molecular formula is C19H23N3O6S. The quantitative estimate of drug-likeness (QED) is 0.687. The minimum absolute atomic E-state index is 0.0466. The van der Waals surface area contributed by atoms with Gasteiger partial charge in [-0.1, -0.05) is 25.1 Å². The van der Waals surface area contributed by atoms with Gasteiger partial charge in [0.15, 0.2) is 22.1 Å². The summed E-state index contributed by atoms with van der Waals surface area (Å²) in [6.07, 6.45) is 1.01. The van der Waals surface area contributed by atoms with Crippen molar-refractivity contribution in [3.63, 3.8) is 0 Å². The number of esters is 1. The van der Waals surface area contributed by atoms with Crippen molar-refractivity contribution in [3.05, 3.63) is 40.3 Å². The molecule has 1 aliphatic heterocycles. The lowest BCUT2D eigenvalue weighted by atomic mass is 10.1. The Morgan fingerprint density at radius 3 is 2.62 bits per heavy atom. The molecule has 10 heteroatoms. The third-order valence-corrected chi connectivity index (χ3v) is 6.92. The summed E-state index contributed by atoms with van der Waals surface area (Å²) in [7, 11) is -3.16. The van der Waals surface area contributed by atoms with E-state index in [-0.39, 0.29) is 28.6 Å². The topological polar surface area (TPSA) is 126 Å². The average molecular weight is 421 g/mol. The number of carbonyl (C=O) groups excluding carboxylic acids is 2. The first-order valence-corrected chi connectivity index (χ1v) is 11.2. The second-order valence-electron chi connectivity index (χ2n) is 7.14. The van der Waals surface area contributed by atoms with E-state index in [2.05, 4.69) is 10.2 Å². The number of aromatic nitrogens is 2. The Kier molecular flexibility index (Phi) is 6.02. The number of rotatable bonds is 6. The van der Waals surface area contributed by atoms with Crippen LogP contribution in [0.5, 0.6) is 0 Å². The summed E-state index contributed by atoms with van der Waals surface area (Å²) in [6.45, 7) is 3.20. The smallest absolute Gasteiger partial charge is 0.359 e. The van der Waals surface area contributed by atoms with Crippen molar-refractivity contribution in [3.8, 4) is 0 Å². The van der Waals surface area contributed by atoms with E-state index in [9.17, 15) is 22.8 Å². The summed E-state index contributed by atoms with van der Waals surface area (Å²) in [5.41, 5.74) is -0.523. The fourth-order valence-electron chi connectivity index (χ4n) is 3.54. The zero-order chi connectivity index (χ0) is 21.2. The molecule has 1 N–H and O–H groups in total. The average Bonchev–Trinajstić information content (AvgIpc) is 3.05. The molecule has 1 aromatic heterocycles. The van der Waals surface area contributed by atoms with Gasteiger partial charge < -0.3 is 9.64 Å². The standard InChI is InChI=1S/C19H23N3O6S/c1-3-12(2)22(13-8-9-29(26,27)11-13)16(23)10-28-19(25)17-14-6-4-5-7-15(14)18(24)21-20-17/h4-7,12-13H,3,8-11H2,1-2H3,(H,21,24)/t12-,13+/m1/s1. The number of sulfone groups is 1. The van der Waals surface area contributed by atoms with Crippen LogP contribution in [0.25, 0.3) is 10.8 Å². The lowest BCUT2D eigenvalue weighted by Gasteiger charge is -2.33. The van der Waals surface area contributed by atoms with Gasteiger partial charge in [-0.05, 0) is 25.8 Å². The Hall–Kier alpha value is -2.75. The van der Waals surface area contributed by atoms with Crippen LogP contribution in [0.4, 0.5) is 0 Å². The van der Waals surface area contributed by atoms with Crippen molar-refractivity contribution < 1.29 is 22.7 Å². The maximum absolute atomic E-state index is 12.8. The van der Waals surface area contributed by atoms with Crippen LogP contribution in [-0.4, -0.2) is 65.6 Å². The van der Waals surface area contributed by atoms with Gasteiger partial charge in [0, 0.05) is 17.5 Å². The number of fused-ring (bicyclic) bond motifs is 1. The fourth-order valence-corrected chi connectivity index (χ4v) is 5.25. The molecule has 0 spiro atoms. The van der Waals surface area contributed by atoms with Crippen LogP contribution in [0.3, 0.4) is 0 Å². The molecule has 2 aromatic rings. The predicted molar refractivity (Wildman–Crippen MR) is 106 cm³/mol. The number of H-pyrrole nitrogens is 1. The number of carbonyl (C=O) groups is 2. The number of aromatic amines is 1.